The number of amides is 1. The van der Waals surface area contributed by atoms with Crippen molar-refractivity contribution in [3.8, 4) is 0 Å². The van der Waals surface area contributed by atoms with Crippen molar-refractivity contribution in [2.45, 2.75) is 32.9 Å². The van der Waals surface area contributed by atoms with Crippen molar-refractivity contribution in [2.24, 2.45) is 0 Å². The van der Waals surface area contributed by atoms with Gasteiger partial charge >= 0.3 is 0 Å². The summed E-state index contributed by atoms with van der Waals surface area (Å²) in [5, 5.41) is 4.51. The highest BCUT2D eigenvalue weighted by molar-refractivity contribution is 7.91. The number of nitrogens with zero attached hydrogens (tertiary/aromatic N) is 3. The quantitative estimate of drug-likeness (QED) is 0.817. The molecule has 0 bridgehead atoms. The van der Waals surface area contributed by atoms with E-state index in [1.807, 2.05) is 13.8 Å². The third-order valence-corrected chi connectivity index (χ3v) is 6.59. The van der Waals surface area contributed by atoms with E-state index in [-0.39, 0.29) is 29.0 Å². The normalized spacial score (nSPS) is 18.8. The average Bonchev–Trinajstić information content (AvgIpc) is 3.07. The van der Waals surface area contributed by atoms with Crippen molar-refractivity contribution < 1.29 is 17.6 Å². The maximum atomic E-state index is 13.4. The van der Waals surface area contributed by atoms with Gasteiger partial charge in [-0.2, -0.15) is 5.10 Å². The number of carbonyl (C=O) groups excluding carboxylic acids is 1. The summed E-state index contributed by atoms with van der Waals surface area (Å²) in [5.74, 6) is -0.443. The van der Waals surface area contributed by atoms with E-state index in [1.54, 1.807) is 17.8 Å². The van der Waals surface area contributed by atoms with Gasteiger partial charge in [-0.1, -0.05) is 6.07 Å². The average molecular weight is 379 g/mol. The first-order chi connectivity index (χ1) is 12.2. The molecule has 1 atom stereocenters. The molecule has 0 saturated carbocycles. The van der Waals surface area contributed by atoms with E-state index in [1.165, 1.54) is 23.1 Å². The van der Waals surface area contributed by atoms with Crippen LogP contribution in [0.5, 0.6) is 0 Å². The van der Waals surface area contributed by atoms with Crippen LogP contribution in [0.2, 0.25) is 0 Å². The molecule has 3 rings (SSSR count). The molecule has 1 aromatic carbocycles. The molecule has 0 N–H and O–H groups in total. The summed E-state index contributed by atoms with van der Waals surface area (Å²) in [6.45, 7) is 4.07. The highest BCUT2D eigenvalue weighted by Gasteiger charge is 2.31. The first-order valence-corrected chi connectivity index (χ1v) is 10.3. The van der Waals surface area contributed by atoms with Gasteiger partial charge in [0.15, 0.2) is 9.84 Å². The SMILES string of the molecule is Cc1nn(C2CCS(=O)(=O)C2)c(C)c1CN(C)C(=O)c1cccc(F)c1. The lowest BCUT2D eigenvalue weighted by atomic mass is 10.1. The first-order valence-electron chi connectivity index (χ1n) is 8.44. The van der Waals surface area contributed by atoms with Crippen molar-refractivity contribution in [1.82, 2.24) is 14.7 Å². The fourth-order valence-corrected chi connectivity index (χ4v) is 5.09. The van der Waals surface area contributed by atoms with Crippen LogP contribution in [0.4, 0.5) is 4.39 Å². The fraction of sp³-hybridized carbons (Fsp3) is 0.444. The summed E-state index contributed by atoms with van der Waals surface area (Å²) in [4.78, 5) is 14.0. The Bertz CT molecular complexity index is 953. The molecule has 1 saturated heterocycles. The summed E-state index contributed by atoms with van der Waals surface area (Å²) >= 11 is 0. The summed E-state index contributed by atoms with van der Waals surface area (Å²) < 4.78 is 38.6. The van der Waals surface area contributed by atoms with E-state index in [2.05, 4.69) is 5.10 Å². The van der Waals surface area contributed by atoms with Crippen molar-refractivity contribution in [3.05, 3.63) is 52.6 Å². The second-order valence-corrected chi connectivity index (χ2v) is 9.05. The number of aryl methyl sites for hydroxylation is 1. The number of carbonyl (C=O) groups is 1. The number of rotatable bonds is 4. The van der Waals surface area contributed by atoms with Crippen molar-refractivity contribution in [1.29, 1.82) is 0 Å². The van der Waals surface area contributed by atoms with E-state index in [4.69, 9.17) is 0 Å². The number of halogens is 1. The fourth-order valence-electron chi connectivity index (χ4n) is 3.40. The highest BCUT2D eigenvalue weighted by atomic mass is 32.2. The Kier molecular flexibility index (Phi) is 4.88. The zero-order valence-electron chi connectivity index (χ0n) is 15.1. The van der Waals surface area contributed by atoms with Crippen LogP contribution in [0.25, 0.3) is 0 Å². The van der Waals surface area contributed by atoms with Gasteiger partial charge in [0.1, 0.15) is 5.82 Å². The molecule has 1 aliphatic rings. The van der Waals surface area contributed by atoms with Gasteiger partial charge in [0, 0.05) is 30.4 Å². The lowest BCUT2D eigenvalue weighted by Gasteiger charge is -2.18. The topological polar surface area (TPSA) is 72.3 Å². The summed E-state index contributed by atoms with van der Waals surface area (Å²) in [6, 6.07) is 5.44. The summed E-state index contributed by atoms with van der Waals surface area (Å²) in [6.07, 6.45) is 0.557. The Morgan fingerprint density at radius 1 is 1.38 bits per heavy atom. The van der Waals surface area contributed by atoms with Crippen molar-refractivity contribution in [3.63, 3.8) is 0 Å². The number of benzene rings is 1. The zero-order valence-corrected chi connectivity index (χ0v) is 15.9. The molecular weight excluding hydrogens is 357 g/mol. The third-order valence-electron chi connectivity index (χ3n) is 4.84. The van der Waals surface area contributed by atoms with E-state index in [9.17, 15) is 17.6 Å². The standard InChI is InChI=1S/C18H22FN3O3S/c1-12-17(10-21(3)18(23)14-5-4-6-15(19)9-14)13(2)22(20-12)16-7-8-26(24,25)11-16/h4-6,9,16H,7-8,10-11H2,1-3H3. The van der Waals surface area contributed by atoms with Gasteiger partial charge in [0.05, 0.1) is 23.2 Å². The number of hydrogen-bond acceptors (Lipinski definition) is 4. The molecule has 1 unspecified atom stereocenters. The lowest BCUT2D eigenvalue weighted by Crippen LogP contribution is -2.26. The molecule has 8 heteroatoms. The molecule has 140 valence electrons. The van der Waals surface area contributed by atoms with Crippen LogP contribution in [0.1, 0.15) is 39.8 Å². The molecular formula is C18H22FN3O3S. The molecule has 1 fully saturated rings. The van der Waals surface area contributed by atoms with Gasteiger partial charge < -0.3 is 4.90 Å². The molecule has 1 aromatic heterocycles. The van der Waals surface area contributed by atoms with Gasteiger partial charge in [0.25, 0.3) is 5.91 Å². The molecule has 2 aromatic rings. The Balaban J connectivity index is 1.81. The van der Waals surface area contributed by atoms with Gasteiger partial charge in [0.2, 0.25) is 0 Å². The summed E-state index contributed by atoms with van der Waals surface area (Å²) in [5.41, 5.74) is 2.81. The van der Waals surface area contributed by atoms with E-state index in [0.29, 0.717) is 13.0 Å². The second-order valence-electron chi connectivity index (χ2n) is 6.82. The Labute approximate surface area is 152 Å². The van der Waals surface area contributed by atoms with Crippen LogP contribution >= 0.6 is 0 Å². The molecule has 1 aliphatic heterocycles. The van der Waals surface area contributed by atoms with Crippen molar-refractivity contribution >= 4 is 15.7 Å². The molecule has 6 nitrogen and oxygen atoms in total. The van der Waals surface area contributed by atoms with E-state index in [0.717, 1.165) is 17.0 Å². The number of aromatic nitrogens is 2. The Hall–Kier alpha value is -2.22. The molecule has 0 aliphatic carbocycles. The number of sulfone groups is 1. The van der Waals surface area contributed by atoms with Gasteiger partial charge in [-0.25, -0.2) is 12.8 Å². The first kappa shape index (κ1) is 18.6. The molecule has 2 heterocycles. The minimum Gasteiger partial charge on any atom is -0.337 e. The summed E-state index contributed by atoms with van der Waals surface area (Å²) in [7, 11) is -1.35. The zero-order chi connectivity index (χ0) is 19.1. The third kappa shape index (κ3) is 3.65. The maximum absolute atomic E-state index is 13.4. The Morgan fingerprint density at radius 2 is 2.12 bits per heavy atom. The smallest absolute Gasteiger partial charge is 0.254 e. The van der Waals surface area contributed by atoms with Crippen LogP contribution in [0.3, 0.4) is 0 Å². The van der Waals surface area contributed by atoms with Gasteiger partial charge in [-0.05, 0) is 38.5 Å². The molecule has 26 heavy (non-hydrogen) atoms. The predicted molar refractivity (Wildman–Crippen MR) is 96.2 cm³/mol. The second kappa shape index (κ2) is 6.83. The van der Waals surface area contributed by atoms with Gasteiger partial charge in [-0.15, -0.1) is 0 Å². The van der Waals surface area contributed by atoms with Crippen LogP contribution < -0.4 is 0 Å². The monoisotopic (exact) mass is 379 g/mol. The Morgan fingerprint density at radius 3 is 2.73 bits per heavy atom. The predicted octanol–water partition coefficient (Wildman–Crippen LogP) is 2.27. The van der Waals surface area contributed by atoms with Crippen LogP contribution in [-0.2, 0) is 16.4 Å². The lowest BCUT2D eigenvalue weighted by molar-refractivity contribution is 0.0784. The van der Waals surface area contributed by atoms with E-state index >= 15 is 0 Å². The minimum absolute atomic E-state index is 0.104. The molecule has 0 spiro atoms. The van der Waals surface area contributed by atoms with Crippen molar-refractivity contribution in [2.75, 3.05) is 18.6 Å². The molecule has 1 amide bonds. The van der Waals surface area contributed by atoms with Crippen LogP contribution in [0, 0.1) is 19.7 Å². The van der Waals surface area contributed by atoms with E-state index < -0.39 is 15.7 Å². The highest BCUT2D eigenvalue weighted by Crippen LogP contribution is 2.27. The molecule has 0 radical (unpaired) electrons. The van der Waals surface area contributed by atoms with Crippen LogP contribution in [0.15, 0.2) is 24.3 Å². The largest absolute Gasteiger partial charge is 0.337 e. The maximum Gasteiger partial charge on any atom is 0.254 e. The minimum atomic E-state index is -3.00. The van der Waals surface area contributed by atoms with Gasteiger partial charge in [-0.3, -0.25) is 9.48 Å². The van der Waals surface area contributed by atoms with Crippen LogP contribution in [-0.4, -0.2) is 47.6 Å². The number of hydrogen-bond donors (Lipinski definition) is 0.